The summed E-state index contributed by atoms with van der Waals surface area (Å²) in [5.41, 5.74) is 0. The van der Waals surface area contributed by atoms with Crippen LogP contribution in [0.5, 0.6) is 0 Å². The summed E-state index contributed by atoms with van der Waals surface area (Å²) in [6, 6.07) is 0.205. The van der Waals surface area contributed by atoms with Crippen LogP contribution in [0, 0.1) is 0 Å². The second-order valence-electron chi connectivity index (χ2n) is 3.42. The van der Waals surface area contributed by atoms with Gasteiger partial charge in [0.05, 0.1) is 19.3 Å². The average Bonchev–Trinajstić information content (AvgIpc) is 2.70. The van der Waals surface area contributed by atoms with Crippen LogP contribution in [0.2, 0.25) is 0 Å². The van der Waals surface area contributed by atoms with Gasteiger partial charge in [-0.1, -0.05) is 5.21 Å². The van der Waals surface area contributed by atoms with E-state index in [2.05, 4.69) is 20.9 Å². The van der Waals surface area contributed by atoms with Crippen LogP contribution >= 0.6 is 12.2 Å². The molecule has 0 aliphatic carbocycles. The van der Waals surface area contributed by atoms with Gasteiger partial charge in [0.2, 0.25) is 0 Å². The van der Waals surface area contributed by atoms with Crippen molar-refractivity contribution < 1.29 is 4.74 Å². The molecule has 6 nitrogen and oxygen atoms in total. The quantitative estimate of drug-likeness (QED) is 0.673. The highest BCUT2D eigenvalue weighted by Gasteiger charge is 2.02. The first-order valence-corrected chi connectivity index (χ1v) is 5.50. The van der Waals surface area contributed by atoms with Crippen molar-refractivity contribution in [2.75, 3.05) is 20.3 Å². The standard InChI is InChI=1S/C9H17N5OS/c1-8(7-15-2)12-9(16)10-3-5-14-6-4-11-13-14/h4,6,8H,3,5,7H2,1-2H3,(H2,10,12,16). The SMILES string of the molecule is COCC(C)NC(=S)NCCn1ccnn1. The van der Waals surface area contributed by atoms with Crippen LogP contribution in [0.3, 0.4) is 0 Å². The summed E-state index contributed by atoms with van der Waals surface area (Å²) in [6.45, 7) is 4.09. The summed E-state index contributed by atoms with van der Waals surface area (Å²) < 4.78 is 6.74. The molecule has 0 radical (unpaired) electrons. The number of thiocarbonyl (C=S) groups is 1. The van der Waals surface area contributed by atoms with Gasteiger partial charge < -0.3 is 15.4 Å². The highest BCUT2D eigenvalue weighted by Crippen LogP contribution is 1.83. The lowest BCUT2D eigenvalue weighted by Crippen LogP contribution is -2.43. The lowest BCUT2D eigenvalue weighted by molar-refractivity contribution is 0.179. The second kappa shape index (κ2) is 7.13. The molecule has 0 aliphatic heterocycles. The van der Waals surface area contributed by atoms with Crippen molar-refractivity contribution in [3.8, 4) is 0 Å². The van der Waals surface area contributed by atoms with Gasteiger partial charge in [0.1, 0.15) is 0 Å². The zero-order valence-corrected chi connectivity index (χ0v) is 10.3. The lowest BCUT2D eigenvalue weighted by Gasteiger charge is -2.15. The fraction of sp³-hybridized carbons (Fsp3) is 0.667. The maximum Gasteiger partial charge on any atom is 0.166 e. The van der Waals surface area contributed by atoms with Crippen LogP contribution in [0.15, 0.2) is 12.4 Å². The second-order valence-corrected chi connectivity index (χ2v) is 3.83. The van der Waals surface area contributed by atoms with E-state index in [1.807, 2.05) is 13.1 Å². The zero-order chi connectivity index (χ0) is 11.8. The maximum absolute atomic E-state index is 5.12. The summed E-state index contributed by atoms with van der Waals surface area (Å²) >= 11 is 5.12. The van der Waals surface area contributed by atoms with Gasteiger partial charge in [0.25, 0.3) is 0 Å². The largest absolute Gasteiger partial charge is 0.383 e. The first kappa shape index (κ1) is 12.9. The van der Waals surface area contributed by atoms with E-state index >= 15 is 0 Å². The Bertz CT molecular complexity index is 303. The average molecular weight is 243 g/mol. The van der Waals surface area contributed by atoms with Crippen molar-refractivity contribution in [2.24, 2.45) is 0 Å². The Morgan fingerprint density at radius 1 is 1.62 bits per heavy atom. The first-order chi connectivity index (χ1) is 7.72. The molecule has 0 spiro atoms. The summed E-state index contributed by atoms with van der Waals surface area (Å²) in [5, 5.41) is 14.4. The van der Waals surface area contributed by atoms with E-state index in [0.29, 0.717) is 11.7 Å². The molecule has 0 saturated carbocycles. The van der Waals surface area contributed by atoms with Gasteiger partial charge in [0, 0.05) is 25.9 Å². The number of nitrogens with zero attached hydrogens (tertiary/aromatic N) is 3. The number of hydrogen-bond acceptors (Lipinski definition) is 4. The molecular weight excluding hydrogens is 226 g/mol. The van der Waals surface area contributed by atoms with Crippen molar-refractivity contribution in [2.45, 2.75) is 19.5 Å². The predicted molar refractivity (Wildman–Crippen MR) is 65.1 cm³/mol. The molecule has 1 rings (SSSR count). The van der Waals surface area contributed by atoms with Crippen molar-refractivity contribution in [1.82, 2.24) is 25.6 Å². The fourth-order valence-corrected chi connectivity index (χ4v) is 1.51. The Morgan fingerprint density at radius 3 is 3.06 bits per heavy atom. The molecule has 1 aromatic heterocycles. The molecule has 16 heavy (non-hydrogen) atoms. The Morgan fingerprint density at radius 2 is 2.44 bits per heavy atom. The van der Waals surface area contributed by atoms with Crippen molar-refractivity contribution in [1.29, 1.82) is 0 Å². The maximum atomic E-state index is 5.12. The van der Waals surface area contributed by atoms with Gasteiger partial charge >= 0.3 is 0 Å². The van der Waals surface area contributed by atoms with E-state index in [0.717, 1.165) is 13.1 Å². The fourth-order valence-electron chi connectivity index (χ4n) is 1.20. The minimum Gasteiger partial charge on any atom is -0.383 e. The third-order valence-electron chi connectivity index (χ3n) is 1.89. The Kier molecular flexibility index (Phi) is 5.73. The molecule has 1 atom stereocenters. The van der Waals surface area contributed by atoms with Crippen molar-refractivity contribution >= 4 is 17.3 Å². The van der Waals surface area contributed by atoms with E-state index in [1.54, 1.807) is 18.0 Å². The molecule has 0 aromatic carbocycles. The van der Waals surface area contributed by atoms with E-state index in [9.17, 15) is 0 Å². The minimum absolute atomic E-state index is 0.205. The van der Waals surface area contributed by atoms with Gasteiger partial charge in [-0.2, -0.15) is 0 Å². The molecule has 1 aromatic rings. The summed E-state index contributed by atoms with van der Waals surface area (Å²) in [6.07, 6.45) is 3.46. The molecule has 0 bridgehead atoms. The van der Waals surface area contributed by atoms with Gasteiger partial charge in [-0.05, 0) is 19.1 Å². The normalized spacial score (nSPS) is 12.1. The highest BCUT2D eigenvalue weighted by molar-refractivity contribution is 7.80. The van der Waals surface area contributed by atoms with Crippen LogP contribution in [0.4, 0.5) is 0 Å². The van der Waals surface area contributed by atoms with E-state index < -0.39 is 0 Å². The number of nitrogens with one attached hydrogen (secondary N) is 2. The number of hydrogen-bond donors (Lipinski definition) is 2. The minimum atomic E-state index is 0.205. The molecule has 0 aliphatic rings. The number of methoxy groups -OCH3 is 1. The van der Waals surface area contributed by atoms with Crippen LogP contribution < -0.4 is 10.6 Å². The monoisotopic (exact) mass is 243 g/mol. The van der Waals surface area contributed by atoms with E-state index in [4.69, 9.17) is 17.0 Å². The summed E-state index contributed by atoms with van der Waals surface area (Å²) in [4.78, 5) is 0. The summed E-state index contributed by atoms with van der Waals surface area (Å²) in [5.74, 6) is 0. The van der Waals surface area contributed by atoms with Gasteiger partial charge in [0.15, 0.2) is 5.11 Å². The van der Waals surface area contributed by atoms with E-state index in [1.165, 1.54) is 0 Å². The smallest absolute Gasteiger partial charge is 0.166 e. The van der Waals surface area contributed by atoms with Crippen LogP contribution in [0.1, 0.15) is 6.92 Å². The zero-order valence-electron chi connectivity index (χ0n) is 9.51. The van der Waals surface area contributed by atoms with Crippen LogP contribution in [-0.4, -0.2) is 46.4 Å². The Labute approximate surface area is 100 Å². The third-order valence-corrected chi connectivity index (χ3v) is 2.15. The molecular formula is C9H17N5OS. The van der Waals surface area contributed by atoms with Gasteiger partial charge in [-0.3, -0.25) is 4.68 Å². The molecule has 0 saturated heterocycles. The van der Waals surface area contributed by atoms with Crippen molar-refractivity contribution in [3.05, 3.63) is 12.4 Å². The number of ether oxygens (including phenoxy) is 1. The van der Waals surface area contributed by atoms with Crippen LogP contribution in [-0.2, 0) is 11.3 Å². The highest BCUT2D eigenvalue weighted by atomic mass is 32.1. The number of aromatic nitrogens is 3. The molecule has 1 unspecified atom stereocenters. The number of rotatable bonds is 6. The molecule has 0 amide bonds. The molecule has 90 valence electrons. The Hall–Kier alpha value is -1.21. The van der Waals surface area contributed by atoms with Gasteiger partial charge in [-0.15, -0.1) is 5.10 Å². The molecule has 2 N–H and O–H groups in total. The van der Waals surface area contributed by atoms with Crippen LogP contribution in [0.25, 0.3) is 0 Å². The topological polar surface area (TPSA) is 64.0 Å². The van der Waals surface area contributed by atoms with Gasteiger partial charge in [-0.25, -0.2) is 0 Å². The predicted octanol–water partition coefficient (Wildman–Crippen LogP) is -0.223. The van der Waals surface area contributed by atoms with Crippen molar-refractivity contribution in [3.63, 3.8) is 0 Å². The molecule has 1 heterocycles. The lowest BCUT2D eigenvalue weighted by atomic mass is 10.4. The van der Waals surface area contributed by atoms with E-state index in [-0.39, 0.29) is 6.04 Å². The third kappa shape index (κ3) is 5.04. The molecule has 7 heteroatoms. The molecule has 0 fully saturated rings. The summed E-state index contributed by atoms with van der Waals surface area (Å²) in [7, 11) is 1.67. The first-order valence-electron chi connectivity index (χ1n) is 5.09. The Balaban J connectivity index is 2.10.